The van der Waals surface area contributed by atoms with Crippen LogP contribution in [-0.4, -0.2) is 17.5 Å². The van der Waals surface area contributed by atoms with Gasteiger partial charge in [0.25, 0.3) is 5.91 Å². The summed E-state index contributed by atoms with van der Waals surface area (Å²) in [5.74, 6) is 1.49. The van der Waals surface area contributed by atoms with Crippen molar-refractivity contribution < 1.29 is 9.53 Å². The Morgan fingerprint density at radius 1 is 1.21 bits per heavy atom. The topological polar surface area (TPSA) is 51.2 Å². The van der Waals surface area contributed by atoms with Gasteiger partial charge in [0, 0.05) is 22.4 Å². The minimum atomic E-state index is -0.0921. The first kappa shape index (κ1) is 20.4. The molecule has 3 aromatic rings. The molecule has 1 aromatic heterocycles. The van der Waals surface area contributed by atoms with Gasteiger partial charge in [0.05, 0.1) is 12.6 Å². The molecular weight excluding hydrogens is 388 g/mol. The fourth-order valence-electron chi connectivity index (χ4n) is 2.78. The van der Waals surface area contributed by atoms with E-state index in [2.05, 4.69) is 10.3 Å². The summed E-state index contributed by atoms with van der Waals surface area (Å²) in [5.41, 5.74) is 3.79. The van der Waals surface area contributed by atoms with Gasteiger partial charge in [0.1, 0.15) is 10.1 Å². The first-order chi connectivity index (χ1) is 13.6. The summed E-state index contributed by atoms with van der Waals surface area (Å²) in [5, 5.41) is 5.15. The molecule has 4 nitrogen and oxygen atoms in total. The van der Waals surface area contributed by atoms with Gasteiger partial charge in [-0.3, -0.25) is 4.79 Å². The van der Waals surface area contributed by atoms with Crippen LogP contribution in [0.1, 0.15) is 47.1 Å². The number of aromatic nitrogens is 1. The van der Waals surface area contributed by atoms with Crippen molar-refractivity contribution in [3.8, 4) is 5.75 Å². The zero-order chi connectivity index (χ0) is 19.9. The minimum absolute atomic E-state index is 0.0621. The van der Waals surface area contributed by atoms with Gasteiger partial charge in [-0.1, -0.05) is 42.1 Å². The Bertz CT molecular complexity index is 922. The van der Waals surface area contributed by atoms with Crippen LogP contribution in [0.3, 0.4) is 0 Å². The molecule has 0 spiro atoms. The van der Waals surface area contributed by atoms with Crippen molar-refractivity contribution in [2.45, 2.75) is 36.9 Å². The van der Waals surface area contributed by atoms with E-state index in [0.29, 0.717) is 17.9 Å². The van der Waals surface area contributed by atoms with E-state index in [1.165, 1.54) is 0 Å². The predicted molar refractivity (Wildman–Crippen MR) is 116 cm³/mol. The number of aryl methyl sites for hydroxylation is 1. The van der Waals surface area contributed by atoms with Crippen LogP contribution < -0.4 is 10.1 Å². The van der Waals surface area contributed by atoms with Crippen molar-refractivity contribution in [1.29, 1.82) is 0 Å². The molecule has 0 aliphatic heterocycles. The first-order valence-corrected chi connectivity index (χ1v) is 11.1. The van der Waals surface area contributed by atoms with Crippen molar-refractivity contribution in [3.05, 3.63) is 76.3 Å². The molecule has 6 heteroatoms. The van der Waals surface area contributed by atoms with Gasteiger partial charge in [-0.05, 0) is 50.1 Å². The lowest BCUT2D eigenvalue weighted by Crippen LogP contribution is -2.27. The van der Waals surface area contributed by atoms with E-state index >= 15 is 0 Å². The zero-order valence-electron chi connectivity index (χ0n) is 16.3. The van der Waals surface area contributed by atoms with Crippen molar-refractivity contribution in [2.75, 3.05) is 6.61 Å². The number of thiazole rings is 1. The first-order valence-electron chi connectivity index (χ1n) is 9.23. The average Bonchev–Trinajstić information content (AvgIpc) is 3.12. The second-order valence-corrected chi connectivity index (χ2v) is 8.48. The Morgan fingerprint density at radius 2 is 1.96 bits per heavy atom. The molecule has 1 N–H and O–H groups in total. The molecule has 0 radical (unpaired) electrons. The molecule has 3 rings (SSSR count). The van der Waals surface area contributed by atoms with E-state index in [0.717, 1.165) is 26.9 Å². The maximum Gasteiger partial charge on any atom is 0.252 e. The molecule has 0 aliphatic rings. The lowest BCUT2D eigenvalue weighted by molar-refractivity contribution is 0.0939. The molecule has 0 saturated heterocycles. The van der Waals surface area contributed by atoms with Crippen molar-refractivity contribution in [3.63, 3.8) is 0 Å². The van der Waals surface area contributed by atoms with Crippen molar-refractivity contribution in [1.82, 2.24) is 10.3 Å². The molecule has 146 valence electrons. The van der Waals surface area contributed by atoms with Crippen LogP contribution >= 0.6 is 23.1 Å². The van der Waals surface area contributed by atoms with Crippen molar-refractivity contribution >= 4 is 29.0 Å². The summed E-state index contributed by atoms with van der Waals surface area (Å²) in [6, 6.07) is 15.5. The number of ether oxygens (including phenoxy) is 1. The van der Waals surface area contributed by atoms with Crippen LogP contribution in [0.2, 0.25) is 0 Å². The Kier molecular flexibility index (Phi) is 7.12. The maximum atomic E-state index is 12.9. The second-order valence-electron chi connectivity index (χ2n) is 6.40. The largest absolute Gasteiger partial charge is 0.494 e. The molecular formula is C22H24N2O2S2. The number of hydrogen-bond acceptors (Lipinski definition) is 5. The van der Waals surface area contributed by atoms with Gasteiger partial charge in [-0.2, -0.15) is 0 Å². The normalized spacial score (nSPS) is 11.8. The molecule has 28 heavy (non-hydrogen) atoms. The van der Waals surface area contributed by atoms with Crippen LogP contribution in [-0.2, 0) is 5.75 Å². The highest BCUT2D eigenvalue weighted by atomic mass is 32.2. The van der Waals surface area contributed by atoms with E-state index in [9.17, 15) is 4.79 Å². The molecule has 1 unspecified atom stereocenters. The van der Waals surface area contributed by atoms with Gasteiger partial charge in [0.15, 0.2) is 0 Å². The molecule has 0 fully saturated rings. The number of carbonyl (C=O) groups is 1. The zero-order valence-corrected chi connectivity index (χ0v) is 17.9. The number of hydrogen-bond donors (Lipinski definition) is 1. The Labute approximate surface area is 174 Å². The van der Waals surface area contributed by atoms with Gasteiger partial charge < -0.3 is 10.1 Å². The van der Waals surface area contributed by atoms with E-state index in [4.69, 9.17) is 4.74 Å². The molecule has 0 aliphatic carbocycles. The van der Waals surface area contributed by atoms with Crippen molar-refractivity contribution in [2.24, 2.45) is 0 Å². The molecule has 1 amide bonds. The van der Waals surface area contributed by atoms with Gasteiger partial charge in [-0.25, -0.2) is 4.98 Å². The molecule has 0 bridgehead atoms. The lowest BCUT2D eigenvalue weighted by Gasteiger charge is -2.16. The quantitative estimate of drug-likeness (QED) is 0.487. The third kappa shape index (κ3) is 5.36. The van der Waals surface area contributed by atoms with E-state index in [-0.39, 0.29) is 11.9 Å². The van der Waals surface area contributed by atoms with Crippen LogP contribution in [0.4, 0.5) is 0 Å². The number of nitrogens with one attached hydrogen (secondary N) is 1. The summed E-state index contributed by atoms with van der Waals surface area (Å²) in [7, 11) is 0. The molecule has 2 aromatic carbocycles. The average molecular weight is 413 g/mol. The Morgan fingerprint density at radius 3 is 2.64 bits per heavy atom. The number of rotatable bonds is 8. The van der Waals surface area contributed by atoms with Crippen LogP contribution in [0, 0.1) is 6.92 Å². The summed E-state index contributed by atoms with van der Waals surface area (Å²) < 4.78 is 6.50. The van der Waals surface area contributed by atoms with Gasteiger partial charge in [-0.15, -0.1) is 11.3 Å². The second kappa shape index (κ2) is 9.75. The predicted octanol–water partition coefficient (Wildman–Crippen LogP) is 5.63. The maximum absolute atomic E-state index is 12.9. The summed E-state index contributed by atoms with van der Waals surface area (Å²) in [4.78, 5) is 17.4. The standard InChI is InChI=1S/C22H24N2O2S2/c1-4-26-19-11-9-17(10-12-19)16(3)24-21(25)20-8-6-5-7-18(20)14-28-22-23-15(2)13-27-22/h5-13,16H,4,14H2,1-3H3,(H,24,25). The van der Waals surface area contributed by atoms with E-state index < -0.39 is 0 Å². The summed E-state index contributed by atoms with van der Waals surface area (Å²) in [6.07, 6.45) is 0. The smallest absolute Gasteiger partial charge is 0.252 e. The molecule has 0 saturated carbocycles. The highest BCUT2D eigenvalue weighted by Crippen LogP contribution is 2.27. The van der Waals surface area contributed by atoms with Crippen LogP contribution in [0.25, 0.3) is 0 Å². The molecule has 1 heterocycles. The van der Waals surface area contributed by atoms with Crippen LogP contribution in [0.15, 0.2) is 58.3 Å². The number of benzene rings is 2. The SMILES string of the molecule is CCOc1ccc(C(C)NC(=O)c2ccccc2CSc2nc(C)cs2)cc1. The number of amides is 1. The highest BCUT2D eigenvalue weighted by molar-refractivity contribution is 8.00. The number of carbonyl (C=O) groups excluding carboxylic acids is 1. The Hall–Kier alpha value is -2.31. The number of thioether (sulfide) groups is 1. The summed E-state index contributed by atoms with van der Waals surface area (Å²) in [6.45, 7) is 6.58. The van der Waals surface area contributed by atoms with Crippen LogP contribution in [0.5, 0.6) is 5.75 Å². The minimum Gasteiger partial charge on any atom is -0.494 e. The third-order valence-corrected chi connectivity index (χ3v) is 6.44. The fourth-order valence-corrected chi connectivity index (χ4v) is 4.64. The third-order valence-electron chi connectivity index (χ3n) is 4.25. The lowest BCUT2D eigenvalue weighted by atomic mass is 10.1. The monoisotopic (exact) mass is 412 g/mol. The van der Waals surface area contributed by atoms with E-state index in [1.54, 1.807) is 23.1 Å². The highest BCUT2D eigenvalue weighted by Gasteiger charge is 2.15. The summed E-state index contributed by atoms with van der Waals surface area (Å²) >= 11 is 3.30. The van der Waals surface area contributed by atoms with E-state index in [1.807, 2.05) is 74.7 Å². The fraction of sp³-hybridized carbons (Fsp3) is 0.273. The van der Waals surface area contributed by atoms with Gasteiger partial charge in [0.2, 0.25) is 0 Å². The number of nitrogens with zero attached hydrogens (tertiary/aromatic N) is 1. The molecule has 1 atom stereocenters. The van der Waals surface area contributed by atoms with Gasteiger partial charge >= 0.3 is 0 Å². The Balaban J connectivity index is 1.66.